The fraction of sp³-hybridized carbons (Fsp3) is 0.517. The molecule has 38 heavy (non-hydrogen) atoms. The number of fused-ring (bicyclic) bond motifs is 3. The van der Waals surface area contributed by atoms with Crippen molar-refractivity contribution < 1.29 is 27.8 Å². The van der Waals surface area contributed by atoms with Gasteiger partial charge in [0.05, 0.1) is 25.4 Å². The van der Waals surface area contributed by atoms with Gasteiger partial charge in [-0.2, -0.15) is 0 Å². The van der Waals surface area contributed by atoms with E-state index in [0.717, 1.165) is 16.5 Å². The highest BCUT2D eigenvalue weighted by Crippen LogP contribution is 2.44. The highest BCUT2D eigenvalue weighted by Gasteiger charge is 2.42. The summed E-state index contributed by atoms with van der Waals surface area (Å²) in [4.78, 5) is 7.04. The molecule has 3 heterocycles. The predicted octanol–water partition coefficient (Wildman–Crippen LogP) is 4.83. The first kappa shape index (κ1) is 27.1. The summed E-state index contributed by atoms with van der Waals surface area (Å²) < 4.78 is 59.3. The van der Waals surface area contributed by atoms with Gasteiger partial charge in [-0.1, -0.05) is 18.2 Å². The zero-order valence-electron chi connectivity index (χ0n) is 21.7. The fourth-order valence-corrected chi connectivity index (χ4v) is 6.08. The molecule has 0 saturated carbocycles. The van der Waals surface area contributed by atoms with Crippen LogP contribution in [0.3, 0.4) is 0 Å². The van der Waals surface area contributed by atoms with Crippen molar-refractivity contribution in [1.29, 1.82) is 0 Å². The number of aliphatic hydroxyl groups is 2. The summed E-state index contributed by atoms with van der Waals surface area (Å²) in [5.41, 5.74) is 0.328. The minimum Gasteiger partial charge on any atom is -0.393 e. The maximum absolute atomic E-state index is 15.9. The van der Waals surface area contributed by atoms with Crippen LogP contribution in [0.15, 0.2) is 36.4 Å². The van der Waals surface area contributed by atoms with E-state index in [0.29, 0.717) is 38.2 Å². The lowest BCUT2D eigenvalue weighted by atomic mass is 9.85. The van der Waals surface area contributed by atoms with Crippen molar-refractivity contribution >= 4 is 10.9 Å². The van der Waals surface area contributed by atoms with Crippen molar-refractivity contribution in [3.8, 4) is 0 Å². The molecule has 3 N–H and O–H groups in total. The van der Waals surface area contributed by atoms with Gasteiger partial charge in [0.25, 0.3) is 0 Å². The molecule has 1 fully saturated rings. The van der Waals surface area contributed by atoms with Crippen LogP contribution < -0.4 is 0 Å². The summed E-state index contributed by atoms with van der Waals surface area (Å²) in [5.74, 6) is -1.82. The first-order valence-electron chi connectivity index (χ1n) is 13.2. The number of H-pyrrole nitrogens is 1. The Labute approximate surface area is 220 Å². The van der Waals surface area contributed by atoms with Crippen LogP contribution >= 0.6 is 0 Å². The van der Waals surface area contributed by atoms with Crippen molar-refractivity contribution in [3.05, 3.63) is 70.4 Å². The first-order valence-corrected chi connectivity index (χ1v) is 13.2. The molecule has 2 aromatic carbocycles. The van der Waals surface area contributed by atoms with Crippen molar-refractivity contribution in [3.63, 3.8) is 0 Å². The van der Waals surface area contributed by atoms with Crippen LogP contribution in [0.5, 0.6) is 0 Å². The Kier molecular flexibility index (Phi) is 7.57. The average Bonchev–Trinajstić information content (AvgIpc) is 3.22. The molecule has 1 aromatic heterocycles. The molecule has 2 aliphatic rings. The summed E-state index contributed by atoms with van der Waals surface area (Å²) in [6, 6.07) is 8.77. The minimum atomic E-state index is -1.97. The Hall–Kier alpha value is -2.46. The molecule has 0 spiro atoms. The summed E-state index contributed by atoms with van der Waals surface area (Å²) in [5, 5.41) is 21.4. The maximum atomic E-state index is 15.9. The molecule has 2 aliphatic heterocycles. The van der Waals surface area contributed by atoms with Crippen LogP contribution in [-0.2, 0) is 6.42 Å². The second-order valence-corrected chi connectivity index (χ2v) is 11.2. The van der Waals surface area contributed by atoms with E-state index in [1.54, 1.807) is 4.90 Å². The number of hydrogen-bond donors (Lipinski definition) is 3. The number of benzene rings is 2. The number of nitrogens with zero attached hydrogens (tertiary/aromatic N) is 2. The first-order chi connectivity index (χ1) is 18.1. The van der Waals surface area contributed by atoms with E-state index in [4.69, 9.17) is 0 Å². The van der Waals surface area contributed by atoms with E-state index in [9.17, 15) is 14.6 Å². The van der Waals surface area contributed by atoms with E-state index in [2.05, 4.69) is 4.98 Å². The lowest BCUT2D eigenvalue weighted by molar-refractivity contribution is -0.00647. The van der Waals surface area contributed by atoms with E-state index in [-0.39, 0.29) is 29.6 Å². The molecule has 0 bridgehead atoms. The quantitative estimate of drug-likeness (QED) is 0.345. The zero-order valence-corrected chi connectivity index (χ0v) is 21.7. The molecule has 9 heteroatoms. The summed E-state index contributed by atoms with van der Waals surface area (Å²) in [7, 11) is 0. The molecule has 5 nitrogen and oxygen atoms in total. The molecule has 1 saturated heterocycles. The number of aromatic amines is 1. The molecule has 1 unspecified atom stereocenters. The number of rotatable bonds is 9. The average molecular weight is 534 g/mol. The van der Waals surface area contributed by atoms with Crippen LogP contribution in [0.25, 0.3) is 10.9 Å². The Morgan fingerprint density at radius 3 is 2.50 bits per heavy atom. The van der Waals surface area contributed by atoms with Gasteiger partial charge >= 0.3 is 0 Å². The van der Waals surface area contributed by atoms with Gasteiger partial charge in [-0.25, -0.2) is 13.2 Å². The largest absolute Gasteiger partial charge is 0.393 e. The number of nitrogens with one attached hydrogen (secondary N) is 1. The van der Waals surface area contributed by atoms with E-state index < -0.39 is 42.7 Å². The van der Waals surface area contributed by atoms with Crippen molar-refractivity contribution in [2.45, 2.75) is 50.5 Å². The van der Waals surface area contributed by atoms with Gasteiger partial charge in [-0.15, -0.1) is 0 Å². The third-order valence-corrected chi connectivity index (χ3v) is 8.12. The summed E-state index contributed by atoms with van der Waals surface area (Å²) in [6.45, 7) is 3.49. The highest BCUT2D eigenvalue weighted by molar-refractivity contribution is 5.85. The van der Waals surface area contributed by atoms with Gasteiger partial charge in [-0.3, -0.25) is 9.29 Å². The van der Waals surface area contributed by atoms with Crippen LogP contribution in [0.1, 0.15) is 54.8 Å². The van der Waals surface area contributed by atoms with Gasteiger partial charge in [0, 0.05) is 60.3 Å². The summed E-state index contributed by atoms with van der Waals surface area (Å²) in [6.07, 6.45) is -0.0813. The van der Waals surface area contributed by atoms with Gasteiger partial charge in [-0.05, 0) is 56.0 Å². The fourth-order valence-electron chi connectivity index (χ4n) is 6.08. The third kappa shape index (κ3) is 4.97. The topological polar surface area (TPSA) is 62.7 Å². The Morgan fingerprint density at radius 2 is 1.84 bits per heavy atom. The van der Waals surface area contributed by atoms with Crippen LogP contribution in [0.4, 0.5) is 17.6 Å². The molecule has 5 rings (SSSR count). The molecular formula is C29H35F4N3O2. The SMILES string of the molecule is C[C@@H]1Cc2c([nH]c3ccccc23)[C@@H](c2c(F)cc(C(O)C3CN(CCCF)C3)cc2F)N1C[C@@](C)(F)CO. The van der Waals surface area contributed by atoms with E-state index in [1.807, 2.05) is 36.1 Å². The Bertz CT molecular complexity index is 1270. The van der Waals surface area contributed by atoms with Crippen molar-refractivity contribution in [2.75, 3.05) is 39.5 Å². The van der Waals surface area contributed by atoms with Crippen molar-refractivity contribution in [1.82, 2.24) is 14.8 Å². The predicted molar refractivity (Wildman–Crippen MR) is 138 cm³/mol. The lowest BCUT2D eigenvalue weighted by Gasteiger charge is -2.43. The second-order valence-electron chi connectivity index (χ2n) is 11.2. The number of aromatic nitrogens is 1. The molecule has 0 radical (unpaired) electrons. The van der Waals surface area contributed by atoms with Gasteiger partial charge < -0.3 is 20.1 Å². The maximum Gasteiger partial charge on any atom is 0.143 e. The number of para-hydroxylation sites is 1. The van der Waals surface area contributed by atoms with E-state index in [1.165, 1.54) is 19.1 Å². The molecular weight excluding hydrogens is 498 g/mol. The van der Waals surface area contributed by atoms with Gasteiger partial charge in [0.2, 0.25) is 0 Å². The third-order valence-electron chi connectivity index (χ3n) is 8.12. The Balaban J connectivity index is 1.53. The Morgan fingerprint density at radius 1 is 1.16 bits per heavy atom. The second kappa shape index (κ2) is 10.6. The smallest absolute Gasteiger partial charge is 0.143 e. The summed E-state index contributed by atoms with van der Waals surface area (Å²) >= 11 is 0. The van der Waals surface area contributed by atoms with Gasteiger partial charge in [0.1, 0.15) is 17.3 Å². The van der Waals surface area contributed by atoms with Crippen LogP contribution in [0.2, 0.25) is 0 Å². The lowest BCUT2D eigenvalue weighted by Crippen LogP contribution is -2.50. The molecule has 206 valence electrons. The minimum absolute atomic E-state index is 0.150. The zero-order chi connectivity index (χ0) is 27.2. The normalized spacial score (nSPS) is 23.3. The number of alkyl halides is 2. The van der Waals surface area contributed by atoms with Crippen LogP contribution in [0, 0.1) is 17.6 Å². The molecule has 0 amide bonds. The van der Waals surface area contributed by atoms with Gasteiger partial charge in [0.15, 0.2) is 0 Å². The molecule has 4 atom stereocenters. The highest BCUT2D eigenvalue weighted by atomic mass is 19.1. The molecule has 3 aromatic rings. The standard InChI is InChI=1S/C29H35F4N3O2/c1-17-10-21-20-6-3-4-7-24(20)34-26(21)27(36(17)15-29(2,33)16-37)25-22(31)11-18(12-23(25)32)28(38)19-13-35(14-19)9-5-8-30/h3-4,6-7,11-12,17,19,27-28,34,37-38H,5,8-10,13-16H2,1-2H3/t17-,27-,28?,29-/m1/s1. The van der Waals surface area contributed by atoms with Crippen LogP contribution in [-0.4, -0.2) is 76.2 Å². The number of aliphatic hydroxyl groups excluding tert-OH is 2. The number of hydrogen-bond acceptors (Lipinski definition) is 4. The van der Waals surface area contributed by atoms with Crippen molar-refractivity contribution in [2.24, 2.45) is 5.92 Å². The number of likely N-dealkylation sites (tertiary alicyclic amines) is 1. The monoisotopic (exact) mass is 533 g/mol. The molecule has 0 aliphatic carbocycles. The number of halogens is 4. The van der Waals surface area contributed by atoms with E-state index >= 15 is 13.2 Å².